The van der Waals surface area contributed by atoms with Gasteiger partial charge in [0.25, 0.3) is 5.91 Å². The van der Waals surface area contributed by atoms with Gasteiger partial charge in [-0.25, -0.2) is 14.4 Å². The molecule has 0 unspecified atom stereocenters. The van der Waals surface area contributed by atoms with Gasteiger partial charge in [-0.15, -0.1) is 0 Å². The number of pyridine rings is 1. The first kappa shape index (κ1) is 25.3. The van der Waals surface area contributed by atoms with Crippen molar-refractivity contribution in [3.63, 3.8) is 0 Å². The van der Waals surface area contributed by atoms with Gasteiger partial charge >= 0.3 is 23.9 Å². The van der Waals surface area contributed by atoms with E-state index >= 15 is 0 Å². The van der Waals surface area contributed by atoms with E-state index in [4.69, 9.17) is 10.2 Å². The first-order valence-corrected chi connectivity index (χ1v) is 9.54. The minimum atomic E-state index is -1.46. The van der Waals surface area contributed by atoms with Crippen molar-refractivity contribution >= 4 is 29.8 Å². The monoisotopic (exact) mass is 438 g/mol. The second-order valence-corrected chi connectivity index (χ2v) is 6.83. The Morgan fingerprint density at radius 1 is 0.935 bits per heavy atom. The molecular weight excluding hydrogens is 412 g/mol. The molecule has 0 saturated carbocycles. The standard InChI is InChI=1S/C19H26N4O8/c1-11-8-12(10-20-9-11)16(26)21-7-3-2-4-13(17(27)28)22-19(31)23-14(18(29)30)5-6-15(24)25/h8-10,13-14H,2-7H2,1H3,(H,21,26)(H,24,25)(H,27,28)(H,29,30)(H2,22,23,31)/t13-,14-/m0/s1. The zero-order valence-corrected chi connectivity index (χ0v) is 17.0. The van der Waals surface area contributed by atoms with Crippen molar-refractivity contribution in [3.8, 4) is 0 Å². The first-order chi connectivity index (χ1) is 14.6. The summed E-state index contributed by atoms with van der Waals surface area (Å²) in [7, 11) is 0. The first-order valence-electron chi connectivity index (χ1n) is 9.54. The average Bonchev–Trinajstić information content (AvgIpc) is 2.69. The molecule has 1 heterocycles. The smallest absolute Gasteiger partial charge is 0.326 e. The van der Waals surface area contributed by atoms with Crippen molar-refractivity contribution < 1.29 is 39.3 Å². The molecule has 0 aliphatic rings. The van der Waals surface area contributed by atoms with Crippen LogP contribution in [0.2, 0.25) is 0 Å². The van der Waals surface area contributed by atoms with Gasteiger partial charge in [0.15, 0.2) is 0 Å². The van der Waals surface area contributed by atoms with Crippen LogP contribution in [0.25, 0.3) is 0 Å². The number of nitrogens with one attached hydrogen (secondary N) is 3. The van der Waals surface area contributed by atoms with E-state index in [1.165, 1.54) is 6.20 Å². The lowest BCUT2D eigenvalue weighted by molar-refractivity contribution is -0.140. The molecule has 0 radical (unpaired) electrons. The predicted octanol–water partition coefficient (Wildman–Crippen LogP) is 0.361. The molecule has 12 heteroatoms. The van der Waals surface area contributed by atoms with Crippen LogP contribution in [0.15, 0.2) is 18.5 Å². The van der Waals surface area contributed by atoms with Crippen LogP contribution in [-0.2, 0) is 14.4 Å². The topological polar surface area (TPSA) is 195 Å². The third-order valence-electron chi connectivity index (χ3n) is 4.20. The summed E-state index contributed by atoms with van der Waals surface area (Å²) < 4.78 is 0. The molecule has 0 spiro atoms. The van der Waals surface area contributed by atoms with Crippen LogP contribution in [-0.4, -0.2) is 68.8 Å². The highest BCUT2D eigenvalue weighted by atomic mass is 16.4. The van der Waals surface area contributed by atoms with Gasteiger partial charge in [0.1, 0.15) is 12.1 Å². The van der Waals surface area contributed by atoms with E-state index in [1.807, 2.05) is 6.92 Å². The molecule has 1 aromatic rings. The number of aryl methyl sites for hydroxylation is 1. The van der Waals surface area contributed by atoms with Crippen LogP contribution < -0.4 is 16.0 Å². The fraction of sp³-hybridized carbons (Fsp3) is 0.474. The van der Waals surface area contributed by atoms with Crippen molar-refractivity contribution in [2.45, 2.75) is 51.1 Å². The van der Waals surface area contributed by atoms with Crippen LogP contribution in [0.3, 0.4) is 0 Å². The summed E-state index contributed by atoms with van der Waals surface area (Å²) in [6, 6.07) is -2.07. The number of rotatable bonds is 13. The Morgan fingerprint density at radius 2 is 1.55 bits per heavy atom. The van der Waals surface area contributed by atoms with Crippen molar-refractivity contribution in [3.05, 3.63) is 29.6 Å². The molecule has 0 fully saturated rings. The lowest BCUT2D eigenvalue weighted by Crippen LogP contribution is -2.51. The predicted molar refractivity (Wildman–Crippen MR) is 107 cm³/mol. The molecular formula is C19H26N4O8. The largest absolute Gasteiger partial charge is 0.481 e. The quantitative estimate of drug-likeness (QED) is 0.236. The van der Waals surface area contributed by atoms with Crippen LogP contribution in [0.5, 0.6) is 0 Å². The number of nitrogens with zero attached hydrogens (tertiary/aromatic N) is 1. The fourth-order valence-electron chi connectivity index (χ4n) is 2.60. The average molecular weight is 438 g/mol. The van der Waals surface area contributed by atoms with Gasteiger partial charge in [0.2, 0.25) is 0 Å². The maximum Gasteiger partial charge on any atom is 0.326 e. The normalized spacial score (nSPS) is 12.3. The number of carbonyl (C=O) groups is 5. The van der Waals surface area contributed by atoms with Gasteiger partial charge in [-0.05, 0) is 44.2 Å². The Labute approximate surface area is 178 Å². The van der Waals surface area contributed by atoms with E-state index in [0.29, 0.717) is 24.9 Å². The second-order valence-electron chi connectivity index (χ2n) is 6.83. The van der Waals surface area contributed by atoms with E-state index in [-0.39, 0.29) is 18.7 Å². The van der Waals surface area contributed by atoms with Gasteiger partial charge in [0, 0.05) is 25.4 Å². The molecule has 0 aliphatic heterocycles. The maximum atomic E-state index is 12.0. The number of carboxylic acid groups (broad SMARTS) is 3. The molecule has 6 N–H and O–H groups in total. The van der Waals surface area contributed by atoms with Gasteiger partial charge in [-0.2, -0.15) is 0 Å². The number of amides is 3. The summed E-state index contributed by atoms with van der Waals surface area (Å²) in [6.45, 7) is 2.10. The highest BCUT2D eigenvalue weighted by molar-refractivity contribution is 5.94. The van der Waals surface area contributed by atoms with Crippen molar-refractivity contribution in [2.24, 2.45) is 0 Å². The van der Waals surface area contributed by atoms with Crippen molar-refractivity contribution in [2.75, 3.05) is 6.54 Å². The third kappa shape index (κ3) is 10.1. The van der Waals surface area contributed by atoms with Gasteiger partial charge in [-0.1, -0.05) is 0 Å². The molecule has 12 nitrogen and oxygen atoms in total. The van der Waals surface area contributed by atoms with E-state index < -0.39 is 42.4 Å². The summed E-state index contributed by atoms with van der Waals surface area (Å²) in [5.41, 5.74) is 1.26. The summed E-state index contributed by atoms with van der Waals surface area (Å²) in [4.78, 5) is 60.9. The zero-order valence-electron chi connectivity index (χ0n) is 17.0. The van der Waals surface area contributed by atoms with Crippen LogP contribution in [0, 0.1) is 6.92 Å². The lowest BCUT2D eigenvalue weighted by Gasteiger charge is -2.18. The highest BCUT2D eigenvalue weighted by Gasteiger charge is 2.24. The number of hydrogen-bond acceptors (Lipinski definition) is 6. The molecule has 2 atom stereocenters. The minimum Gasteiger partial charge on any atom is -0.481 e. The molecule has 3 amide bonds. The van der Waals surface area contributed by atoms with Crippen LogP contribution in [0.1, 0.15) is 48.0 Å². The van der Waals surface area contributed by atoms with Gasteiger partial charge in [0.05, 0.1) is 5.56 Å². The minimum absolute atomic E-state index is 0.0531. The second kappa shape index (κ2) is 12.8. The van der Waals surface area contributed by atoms with E-state index in [1.54, 1.807) is 12.3 Å². The number of aromatic nitrogens is 1. The van der Waals surface area contributed by atoms with Crippen molar-refractivity contribution in [1.29, 1.82) is 0 Å². The summed E-state index contributed by atoms with van der Waals surface area (Å²) >= 11 is 0. The highest BCUT2D eigenvalue weighted by Crippen LogP contribution is 2.04. The Kier molecular flexibility index (Phi) is 10.4. The van der Waals surface area contributed by atoms with E-state index in [0.717, 1.165) is 5.56 Å². The Morgan fingerprint density at radius 3 is 2.10 bits per heavy atom. The summed E-state index contributed by atoms with van der Waals surface area (Å²) in [6.07, 6.45) is 3.12. The molecule has 0 saturated heterocycles. The maximum absolute atomic E-state index is 12.0. The Balaban J connectivity index is 2.42. The lowest BCUT2D eigenvalue weighted by atomic mass is 10.1. The number of aliphatic carboxylic acids is 3. The number of carbonyl (C=O) groups excluding carboxylic acids is 2. The van der Waals surface area contributed by atoms with Crippen molar-refractivity contribution in [1.82, 2.24) is 20.9 Å². The molecule has 31 heavy (non-hydrogen) atoms. The van der Waals surface area contributed by atoms with E-state index in [2.05, 4.69) is 20.9 Å². The van der Waals surface area contributed by atoms with Gasteiger partial charge in [-0.3, -0.25) is 14.6 Å². The summed E-state index contributed by atoms with van der Waals surface area (Å²) in [5, 5.41) is 33.8. The molecule has 1 rings (SSSR count). The number of urea groups is 1. The number of unbranched alkanes of at least 4 members (excludes halogenated alkanes) is 1. The Hall–Kier alpha value is -3.70. The zero-order chi connectivity index (χ0) is 23.4. The van der Waals surface area contributed by atoms with Gasteiger partial charge < -0.3 is 31.3 Å². The molecule has 0 aromatic carbocycles. The van der Waals surface area contributed by atoms with Crippen LogP contribution >= 0.6 is 0 Å². The van der Waals surface area contributed by atoms with E-state index in [9.17, 15) is 29.1 Å². The molecule has 1 aromatic heterocycles. The summed E-state index contributed by atoms with van der Waals surface area (Å²) in [5.74, 6) is -4.25. The molecule has 170 valence electrons. The molecule has 0 aliphatic carbocycles. The number of carboxylic acids is 3. The van der Waals surface area contributed by atoms with Crippen LogP contribution in [0.4, 0.5) is 4.79 Å². The number of hydrogen-bond donors (Lipinski definition) is 6. The third-order valence-corrected chi connectivity index (χ3v) is 4.20. The Bertz CT molecular complexity index is 814. The SMILES string of the molecule is Cc1cncc(C(=O)NCCCC[C@H](NC(=O)N[C@@H](CCC(=O)O)C(=O)O)C(=O)O)c1. The molecule has 0 bridgehead atoms. The fourth-order valence-corrected chi connectivity index (χ4v) is 2.60.